The Balaban J connectivity index is 0.974. The predicted molar refractivity (Wildman–Crippen MR) is 221 cm³/mol. The summed E-state index contributed by atoms with van der Waals surface area (Å²) in [5.74, 6) is 2.89. The highest BCUT2D eigenvalue weighted by Crippen LogP contribution is 2.62. The second-order valence-corrected chi connectivity index (χ2v) is 14.5. The zero-order chi connectivity index (χ0) is 36.8. The Morgan fingerprint density at radius 1 is 0.339 bits per heavy atom. The summed E-state index contributed by atoms with van der Waals surface area (Å²) in [4.78, 5) is 9.65. The molecule has 0 radical (unpaired) electrons. The Morgan fingerprint density at radius 2 is 0.804 bits per heavy atom. The van der Waals surface area contributed by atoms with E-state index in [1.165, 1.54) is 33.4 Å². The van der Waals surface area contributed by atoms with Crippen LogP contribution in [0.3, 0.4) is 0 Å². The van der Waals surface area contributed by atoms with Crippen molar-refractivity contribution in [2.75, 3.05) is 0 Å². The lowest BCUT2D eigenvalue weighted by molar-refractivity contribution is 0.436. The lowest BCUT2D eigenvalue weighted by Crippen LogP contribution is -2.32. The molecule has 5 nitrogen and oxygen atoms in total. The van der Waals surface area contributed by atoms with E-state index < -0.39 is 5.41 Å². The van der Waals surface area contributed by atoms with E-state index in [1.807, 2.05) is 54.6 Å². The van der Waals surface area contributed by atoms with Gasteiger partial charge in [-0.05, 0) is 105 Å². The van der Waals surface area contributed by atoms with E-state index in [-0.39, 0.29) is 0 Å². The maximum atomic E-state index is 6.51. The number of nitrogens with zero attached hydrogens (tertiary/aromatic N) is 2. The molecular weight excluding hydrogens is 689 g/mol. The first kappa shape index (κ1) is 30.9. The molecule has 1 aliphatic carbocycles. The van der Waals surface area contributed by atoms with Crippen molar-refractivity contribution in [3.63, 3.8) is 0 Å². The first-order valence-corrected chi connectivity index (χ1v) is 18.8. The normalized spacial score (nSPS) is 13.3. The van der Waals surface area contributed by atoms with Crippen LogP contribution in [-0.2, 0) is 5.41 Å². The van der Waals surface area contributed by atoms with E-state index in [1.54, 1.807) is 0 Å². The number of para-hydroxylation sites is 6. The van der Waals surface area contributed by atoms with Crippen LogP contribution in [0, 0.1) is 0 Å². The van der Waals surface area contributed by atoms with Crippen LogP contribution in [0.5, 0.6) is 11.5 Å². The van der Waals surface area contributed by atoms with Gasteiger partial charge in [0, 0.05) is 22.3 Å². The fraction of sp³-hybridized carbons (Fsp3) is 0.0196. The average molecular weight is 719 g/mol. The van der Waals surface area contributed by atoms with E-state index in [2.05, 4.69) is 127 Å². The maximum Gasteiger partial charge on any atom is 0.227 e. The molecule has 3 heterocycles. The molecule has 0 N–H and O–H groups in total. The van der Waals surface area contributed by atoms with E-state index in [9.17, 15) is 0 Å². The fourth-order valence-corrected chi connectivity index (χ4v) is 8.93. The van der Waals surface area contributed by atoms with Gasteiger partial charge in [-0.15, -0.1) is 0 Å². The van der Waals surface area contributed by atoms with Gasteiger partial charge in [-0.2, -0.15) is 0 Å². The minimum atomic E-state index is -0.480. The van der Waals surface area contributed by atoms with Crippen molar-refractivity contribution in [1.82, 2.24) is 9.97 Å². The molecule has 2 aromatic heterocycles. The summed E-state index contributed by atoms with van der Waals surface area (Å²) < 4.78 is 19.0. The number of aromatic nitrogens is 2. The molecule has 8 aromatic carbocycles. The van der Waals surface area contributed by atoms with Gasteiger partial charge < -0.3 is 13.6 Å². The zero-order valence-electron chi connectivity index (χ0n) is 29.9. The van der Waals surface area contributed by atoms with Crippen molar-refractivity contribution in [2.24, 2.45) is 0 Å². The van der Waals surface area contributed by atoms with Crippen LogP contribution in [0.4, 0.5) is 0 Å². The molecule has 5 heteroatoms. The zero-order valence-corrected chi connectivity index (χ0v) is 29.9. The van der Waals surface area contributed by atoms with Crippen LogP contribution in [0.2, 0.25) is 0 Å². The van der Waals surface area contributed by atoms with Crippen molar-refractivity contribution in [3.8, 4) is 67.8 Å². The summed E-state index contributed by atoms with van der Waals surface area (Å²) in [6, 6.07) is 63.5. The summed E-state index contributed by atoms with van der Waals surface area (Å²) in [5.41, 5.74) is 16.1. The van der Waals surface area contributed by atoms with Crippen LogP contribution in [0.15, 0.2) is 191 Å². The van der Waals surface area contributed by atoms with E-state index >= 15 is 0 Å². The Morgan fingerprint density at radius 3 is 1.41 bits per heavy atom. The maximum absolute atomic E-state index is 6.51. The molecule has 0 amide bonds. The lowest BCUT2D eigenvalue weighted by Gasteiger charge is -2.39. The van der Waals surface area contributed by atoms with E-state index in [0.717, 1.165) is 67.1 Å². The second-order valence-electron chi connectivity index (χ2n) is 14.5. The molecule has 262 valence electrons. The Bertz CT molecular complexity index is 2990. The van der Waals surface area contributed by atoms with Crippen molar-refractivity contribution >= 4 is 22.2 Å². The summed E-state index contributed by atoms with van der Waals surface area (Å²) >= 11 is 0. The van der Waals surface area contributed by atoms with Gasteiger partial charge in [0.1, 0.15) is 22.5 Å². The summed E-state index contributed by atoms with van der Waals surface area (Å²) in [5, 5.41) is 0. The quantitative estimate of drug-likeness (QED) is 0.181. The number of hydrogen-bond donors (Lipinski definition) is 0. The van der Waals surface area contributed by atoms with Gasteiger partial charge in [0.05, 0.1) is 5.41 Å². The van der Waals surface area contributed by atoms with Crippen LogP contribution < -0.4 is 4.74 Å². The van der Waals surface area contributed by atoms with Crippen LogP contribution in [0.1, 0.15) is 22.3 Å². The van der Waals surface area contributed by atoms with Crippen LogP contribution in [-0.4, -0.2) is 9.97 Å². The molecule has 2 aliphatic rings. The lowest BCUT2D eigenvalue weighted by atomic mass is 9.66. The van der Waals surface area contributed by atoms with E-state index in [0.29, 0.717) is 11.8 Å². The van der Waals surface area contributed by atoms with Gasteiger partial charge in [0.2, 0.25) is 11.8 Å². The molecule has 0 atom stereocenters. The highest BCUT2D eigenvalue weighted by atomic mass is 16.5. The van der Waals surface area contributed by atoms with E-state index in [4.69, 9.17) is 23.5 Å². The van der Waals surface area contributed by atoms with Gasteiger partial charge in [-0.3, -0.25) is 0 Å². The summed E-state index contributed by atoms with van der Waals surface area (Å²) in [6.07, 6.45) is 0. The molecule has 10 aromatic rings. The molecule has 0 fully saturated rings. The monoisotopic (exact) mass is 718 g/mol. The minimum absolute atomic E-state index is 0.480. The SMILES string of the molecule is c1ccc2c(c1)Oc1ccccc1C21c2ccccc2-c2cc(-c3ccc(-c4cc(-c5nc6ccccc6o5)cc(-c5nc6ccccc6o5)c4)cc3)ccc21. The number of oxazole rings is 2. The van der Waals surface area contributed by atoms with Crippen molar-refractivity contribution < 1.29 is 13.6 Å². The topological polar surface area (TPSA) is 61.3 Å². The molecule has 0 saturated carbocycles. The standard InChI is InChI=1S/C51H30N2O3/c1-2-12-39-37(11-1)38-30-33(25-26-40(38)51(39)41-13-3-7-17-45(41)54-46-18-8-4-14-42(46)51)31-21-23-32(24-22-31)34-27-35(49-52-43-15-5-9-19-47(43)55-49)29-36(28-34)50-53-44-16-6-10-20-48(44)56-50/h1-30H. The largest absolute Gasteiger partial charge is 0.457 e. The fourth-order valence-electron chi connectivity index (χ4n) is 8.93. The second kappa shape index (κ2) is 11.7. The molecule has 0 saturated heterocycles. The number of benzene rings is 8. The summed E-state index contributed by atoms with van der Waals surface area (Å²) in [7, 11) is 0. The Labute approximate surface area is 322 Å². The molecule has 0 bridgehead atoms. The highest BCUT2D eigenvalue weighted by Gasteiger charge is 2.50. The van der Waals surface area contributed by atoms with Gasteiger partial charge >= 0.3 is 0 Å². The van der Waals surface area contributed by atoms with Crippen molar-refractivity contribution in [1.29, 1.82) is 0 Å². The minimum Gasteiger partial charge on any atom is -0.457 e. The number of rotatable bonds is 4. The molecule has 0 unspecified atom stereocenters. The average Bonchev–Trinajstić information content (AvgIpc) is 3.98. The third kappa shape index (κ3) is 4.49. The van der Waals surface area contributed by atoms with Gasteiger partial charge in [0.15, 0.2) is 11.2 Å². The predicted octanol–water partition coefficient (Wildman–Crippen LogP) is 13.1. The molecular formula is C51H30N2O3. The molecule has 1 spiro atoms. The first-order valence-electron chi connectivity index (χ1n) is 18.8. The van der Waals surface area contributed by atoms with Crippen LogP contribution >= 0.6 is 0 Å². The van der Waals surface area contributed by atoms with Gasteiger partial charge in [-0.25, -0.2) is 9.97 Å². The number of hydrogen-bond acceptors (Lipinski definition) is 5. The molecule has 1 aliphatic heterocycles. The van der Waals surface area contributed by atoms with Crippen molar-refractivity contribution in [3.05, 3.63) is 204 Å². The van der Waals surface area contributed by atoms with Gasteiger partial charge in [-0.1, -0.05) is 121 Å². The third-order valence-corrected chi connectivity index (χ3v) is 11.4. The van der Waals surface area contributed by atoms with Crippen molar-refractivity contribution in [2.45, 2.75) is 5.41 Å². The van der Waals surface area contributed by atoms with Gasteiger partial charge in [0.25, 0.3) is 0 Å². The molecule has 56 heavy (non-hydrogen) atoms. The summed E-state index contributed by atoms with van der Waals surface area (Å²) in [6.45, 7) is 0. The first-order chi connectivity index (χ1) is 27.7. The smallest absolute Gasteiger partial charge is 0.227 e. The Kier molecular flexibility index (Phi) is 6.48. The highest BCUT2D eigenvalue weighted by molar-refractivity contribution is 5.91. The number of fused-ring (bicyclic) bond motifs is 11. The number of ether oxygens (including phenoxy) is 1. The molecule has 12 rings (SSSR count). The third-order valence-electron chi connectivity index (χ3n) is 11.4. The van der Waals surface area contributed by atoms with Crippen LogP contribution in [0.25, 0.3) is 78.5 Å². The Hall–Kier alpha value is -7.50.